The summed E-state index contributed by atoms with van der Waals surface area (Å²) in [7, 11) is 0. The van der Waals surface area contributed by atoms with Crippen molar-refractivity contribution >= 4 is 54.3 Å². The number of benzene rings is 9. The van der Waals surface area contributed by atoms with Crippen LogP contribution >= 0.6 is 0 Å². The first-order chi connectivity index (χ1) is 28.5. The molecule has 228 valence electrons. The van der Waals surface area contributed by atoms with E-state index in [1.54, 1.807) is 0 Å². The molecule has 1 heterocycles. The van der Waals surface area contributed by atoms with Crippen LogP contribution in [-0.2, 0) is 0 Å². The molecule has 1 nitrogen and oxygen atoms in total. The molecule has 0 N–H and O–H groups in total. The van der Waals surface area contributed by atoms with Gasteiger partial charge in [-0.15, -0.1) is 0 Å². The van der Waals surface area contributed by atoms with Gasteiger partial charge in [0.2, 0.25) is 0 Å². The number of fused-ring (bicyclic) bond motifs is 6. The second-order valence-corrected chi connectivity index (χ2v) is 12.1. The van der Waals surface area contributed by atoms with E-state index in [1.165, 1.54) is 6.07 Å². The molecule has 1 aromatic heterocycles. The third-order valence-corrected chi connectivity index (χ3v) is 9.30. The molecule has 0 amide bonds. The van der Waals surface area contributed by atoms with Gasteiger partial charge in [0.1, 0.15) is 11.2 Å². The van der Waals surface area contributed by atoms with Gasteiger partial charge in [0, 0.05) is 21.9 Å². The van der Waals surface area contributed by atoms with Crippen LogP contribution in [-0.4, -0.2) is 0 Å². The molecule has 9 aromatic carbocycles. The standard InChI is InChI=1S/C48H30O/c1-2-12-31(13-3-1)36-26-27-45-44(30-36)42-22-11-23-43(48(42)49-45)47-40-20-8-6-18-38(40)46(39-19-7-9-21-41(39)47)37-17-10-16-34(29-37)35-25-24-32-14-4-5-15-33(32)28-35/h1-30H/i1D,2D,3D,11D,12D,13D,23D,26D,27D,30D. The van der Waals surface area contributed by atoms with Gasteiger partial charge in [-0.25, -0.2) is 0 Å². The lowest BCUT2D eigenvalue weighted by Gasteiger charge is -2.18. The van der Waals surface area contributed by atoms with Crippen LogP contribution in [0, 0.1) is 0 Å². The van der Waals surface area contributed by atoms with Gasteiger partial charge in [-0.1, -0.05) is 158 Å². The number of furan rings is 1. The highest BCUT2D eigenvalue weighted by Gasteiger charge is 2.20. The first-order valence-corrected chi connectivity index (χ1v) is 16.0. The largest absolute Gasteiger partial charge is 0.455 e. The van der Waals surface area contributed by atoms with E-state index in [2.05, 4.69) is 54.6 Å². The van der Waals surface area contributed by atoms with Gasteiger partial charge in [-0.3, -0.25) is 0 Å². The minimum atomic E-state index is -0.624. The van der Waals surface area contributed by atoms with Gasteiger partial charge in [0.25, 0.3) is 0 Å². The molecule has 10 rings (SSSR count). The second-order valence-electron chi connectivity index (χ2n) is 12.1. The third kappa shape index (κ3) is 4.47. The van der Waals surface area contributed by atoms with Crippen LogP contribution < -0.4 is 0 Å². The van der Waals surface area contributed by atoms with Gasteiger partial charge >= 0.3 is 0 Å². The average Bonchev–Trinajstić information content (AvgIpc) is 3.64. The Bertz CT molecular complexity index is 3370. The Hall–Kier alpha value is -6.44. The fraction of sp³-hybridized carbons (Fsp3) is 0. The first-order valence-electron chi connectivity index (χ1n) is 21.0. The van der Waals surface area contributed by atoms with Gasteiger partial charge < -0.3 is 4.42 Å². The Kier molecular flexibility index (Phi) is 4.39. The fourth-order valence-corrected chi connectivity index (χ4v) is 7.10. The molecule has 49 heavy (non-hydrogen) atoms. The molecule has 0 saturated heterocycles. The Morgan fingerprint density at radius 3 is 1.84 bits per heavy atom. The molecular weight excluding hydrogens is 593 g/mol. The van der Waals surface area contributed by atoms with Crippen molar-refractivity contribution in [1.29, 1.82) is 0 Å². The monoisotopic (exact) mass is 632 g/mol. The SMILES string of the molecule is [2H]c1cc2c(oc3c([2H])c([2H])c(-c4c([2H])c([2H])c([2H])c([2H])c4[2H])c([2H])c32)c(-c2c3ccccc3c(-c3cccc(-c4ccc5ccccc5c4)c3)c3ccccc23)c1[2H]. The van der Waals surface area contributed by atoms with Gasteiger partial charge in [0.15, 0.2) is 0 Å². The van der Waals surface area contributed by atoms with Gasteiger partial charge in [0.05, 0.1) is 13.7 Å². The zero-order valence-electron chi connectivity index (χ0n) is 36.0. The zero-order chi connectivity index (χ0) is 41.0. The summed E-state index contributed by atoms with van der Waals surface area (Å²) in [6, 6.07) is 35.6. The minimum Gasteiger partial charge on any atom is -0.455 e. The minimum absolute atomic E-state index is 0.0493. The van der Waals surface area contributed by atoms with E-state index < -0.39 is 42.3 Å². The lowest BCUT2D eigenvalue weighted by molar-refractivity contribution is 0.670. The van der Waals surface area contributed by atoms with Crippen LogP contribution in [0.4, 0.5) is 0 Å². The van der Waals surface area contributed by atoms with Crippen LogP contribution in [0.15, 0.2) is 186 Å². The molecule has 10 aromatic rings. The smallest absolute Gasteiger partial charge is 0.143 e. The lowest BCUT2D eigenvalue weighted by Crippen LogP contribution is -1.91. The maximum absolute atomic E-state index is 9.40. The third-order valence-electron chi connectivity index (χ3n) is 9.30. The lowest BCUT2D eigenvalue weighted by atomic mass is 9.85. The van der Waals surface area contributed by atoms with E-state index in [1.807, 2.05) is 60.7 Å². The molecule has 0 unspecified atom stereocenters. The average molecular weight is 633 g/mol. The van der Waals surface area contributed by atoms with E-state index >= 15 is 0 Å². The topological polar surface area (TPSA) is 13.1 Å². The predicted octanol–water partition coefficient (Wildman–Crippen LogP) is 13.7. The molecule has 1 heteroatoms. The van der Waals surface area contributed by atoms with E-state index in [9.17, 15) is 2.74 Å². The highest BCUT2D eigenvalue weighted by Crippen LogP contribution is 2.47. The summed E-state index contributed by atoms with van der Waals surface area (Å²) in [6.45, 7) is 0. The molecule has 0 aliphatic heterocycles. The quantitative estimate of drug-likeness (QED) is 0.176. The fourth-order valence-electron chi connectivity index (χ4n) is 7.10. The van der Waals surface area contributed by atoms with Crippen molar-refractivity contribution in [2.24, 2.45) is 0 Å². The Balaban J connectivity index is 1.27. The summed E-state index contributed by atoms with van der Waals surface area (Å²) in [5, 5.41) is 5.97. The molecular formula is C48H30O. The molecule has 0 saturated carbocycles. The van der Waals surface area contributed by atoms with Crippen molar-refractivity contribution in [1.82, 2.24) is 0 Å². The van der Waals surface area contributed by atoms with Crippen LogP contribution in [0.2, 0.25) is 0 Å². The van der Waals surface area contributed by atoms with Crippen LogP contribution in [0.3, 0.4) is 0 Å². The van der Waals surface area contributed by atoms with E-state index in [-0.39, 0.29) is 56.8 Å². The van der Waals surface area contributed by atoms with E-state index in [0.717, 1.165) is 54.6 Å². The summed E-state index contributed by atoms with van der Waals surface area (Å²) < 4.78 is 94.2. The molecule has 0 fully saturated rings. The maximum Gasteiger partial charge on any atom is 0.143 e. The van der Waals surface area contributed by atoms with Crippen molar-refractivity contribution < 1.29 is 18.1 Å². The van der Waals surface area contributed by atoms with E-state index in [4.69, 9.17) is 15.4 Å². The second kappa shape index (κ2) is 11.1. The molecule has 0 atom stereocenters. The first kappa shape index (κ1) is 19.4. The molecule has 0 spiro atoms. The van der Waals surface area contributed by atoms with Crippen molar-refractivity contribution in [3.05, 3.63) is 182 Å². The summed E-state index contributed by atoms with van der Waals surface area (Å²) in [5.41, 5.74) is 4.36. The number of hydrogen-bond acceptors (Lipinski definition) is 1. The molecule has 0 aliphatic rings. The predicted molar refractivity (Wildman–Crippen MR) is 208 cm³/mol. The Morgan fingerprint density at radius 2 is 1.06 bits per heavy atom. The van der Waals surface area contributed by atoms with E-state index in [0.29, 0.717) is 5.56 Å². The highest BCUT2D eigenvalue weighted by atomic mass is 16.3. The van der Waals surface area contributed by atoms with Gasteiger partial charge in [-0.05, 0) is 89.9 Å². The van der Waals surface area contributed by atoms with Crippen LogP contribution in [0.5, 0.6) is 0 Å². The normalized spacial score (nSPS) is 14.5. The molecule has 0 aliphatic carbocycles. The zero-order valence-corrected chi connectivity index (χ0v) is 26.0. The van der Waals surface area contributed by atoms with Crippen LogP contribution in [0.25, 0.3) is 98.8 Å². The highest BCUT2D eigenvalue weighted by molar-refractivity contribution is 6.24. The summed E-state index contributed by atoms with van der Waals surface area (Å²) in [6.07, 6.45) is 0. The summed E-state index contributed by atoms with van der Waals surface area (Å²) >= 11 is 0. The van der Waals surface area contributed by atoms with Crippen molar-refractivity contribution in [2.75, 3.05) is 0 Å². The number of hydrogen-bond donors (Lipinski definition) is 0. The van der Waals surface area contributed by atoms with Crippen molar-refractivity contribution in [2.45, 2.75) is 0 Å². The van der Waals surface area contributed by atoms with Crippen molar-refractivity contribution in [3.63, 3.8) is 0 Å². The molecule has 0 radical (unpaired) electrons. The summed E-state index contributed by atoms with van der Waals surface area (Å²) in [5.74, 6) is 0. The number of rotatable bonds is 4. The van der Waals surface area contributed by atoms with Crippen molar-refractivity contribution in [3.8, 4) is 44.5 Å². The summed E-state index contributed by atoms with van der Waals surface area (Å²) in [4.78, 5) is 0. The molecule has 0 bridgehead atoms. The van der Waals surface area contributed by atoms with Gasteiger partial charge in [-0.2, -0.15) is 0 Å². The Morgan fingerprint density at radius 1 is 0.388 bits per heavy atom. The van der Waals surface area contributed by atoms with Crippen LogP contribution in [0.1, 0.15) is 13.7 Å². The Labute approximate surface area is 298 Å². The number of para-hydroxylation sites is 1. The maximum atomic E-state index is 9.40.